The second kappa shape index (κ2) is 5.39. The minimum Gasteiger partial charge on any atom is -0.223 e. The Morgan fingerprint density at radius 2 is 1.78 bits per heavy atom. The summed E-state index contributed by atoms with van der Waals surface area (Å²) < 4.78 is 38.3. The van der Waals surface area contributed by atoms with Gasteiger partial charge in [-0.15, -0.1) is 0 Å². The number of rotatable bonds is 3. The van der Waals surface area contributed by atoms with Gasteiger partial charge in [-0.2, -0.15) is 0 Å². The molecule has 0 N–H and O–H groups in total. The van der Waals surface area contributed by atoms with E-state index in [1.807, 2.05) is 0 Å². The fourth-order valence-corrected chi connectivity index (χ4v) is 4.57. The van der Waals surface area contributed by atoms with Gasteiger partial charge in [0.2, 0.25) is 0 Å². The zero-order valence-electron chi connectivity index (χ0n) is 10.6. The summed E-state index contributed by atoms with van der Waals surface area (Å²) in [5.41, 5.74) is 0. The van der Waals surface area contributed by atoms with Crippen LogP contribution in [-0.4, -0.2) is 13.7 Å². The second-order valence-electron chi connectivity index (χ2n) is 5.03. The summed E-state index contributed by atoms with van der Waals surface area (Å²) in [4.78, 5) is -0.134. The molecule has 0 amide bonds. The second-order valence-corrected chi connectivity index (χ2v) is 7.22. The van der Waals surface area contributed by atoms with Crippen LogP contribution >= 0.6 is 0 Å². The predicted octanol–water partition coefficient (Wildman–Crippen LogP) is 3.57. The Morgan fingerprint density at radius 1 is 1.17 bits per heavy atom. The normalized spacial score (nSPS) is 25.0. The van der Waals surface area contributed by atoms with Crippen molar-refractivity contribution in [2.75, 3.05) is 0 Å². The van der Waals surface area contributed by atoms with Crippen LogP contribution in [0, 0.1) is 11.7 Å². The maximum Gasteiger partial charge on any atom is 0.184 e. The van der Waals surface area contributed by atoms with Gasteiger partial charge in [-0.3, -0.25) is 0 Å². The molecule has 2 nitrogen and oxygen atoms in total. The molecule has 1 fully saturated rings. The van der Waals surface area contributed by atoms with Crippen LogP contribution < -0.4 is 0 Å². The quantitative estimate of drug-likeness (QED) is 0.841. The summed E-state index contributed by atoms with van der Waals surface area (Å²) in [5.74, 6) is 0.00665. The highest BCUT2D eigenvalue weighted by Crippen LogP contribution is 2.33. The van der Waals surface area contributed by atoms with Crippen LogP contribution in [0.4, 0.5) is 4.39 Å². The van der Waals surface area contributed by atoms with Crippen LogP contribution in [0.25, 0.3) is 0 Å². The molecule has 0 atom stereocenters. The lowest BCUT2D eigenvalue weighted by Crippen LogP contribution is -2.27. The van der Waals surface area contributed by atoms with Crippen LogP contribution in [0.3, 0.4) is 0 Å². The van der Waals surface area contributed by atoms with E-state index in [2.05, 4.69) is 6.92 Å². The highest BCUT2D eigenvalue weighted by atomic mass is 32.2. The summed E-state index contributed by atoms with van der Waals surface area (Å²) in [6.45, 7) is 2.14. The molecule has 0 heterocycles. The van der Waals surface area contributed by atoms with Crippen molar-refractivity contribution < 1.29 is 12.8 Å². The van der Waals surface area contributed by atoms with E-state index in [0.29, 0.717) is 18.8 Å². The first-order chi connectivity index (χ1) is 8.55. The molecule has 0 spiro atoms. The van der Waals surface area contributed by atoms with E-state index in [0.717, 1.165) is 19.3 Å². The third kappa shape index (κ3) is 2.58. The van der Waals surface area contributed by atoms with E-state index in [-0.39, 0.29) is 4.90 Å². The Labute approximate surface area is 108 Å². The fourth-order valence-electron chi connectivity index (χ4n) is 2.71. The summed E-state index contributed by atoms with van der Waals surface area (Å²) in [6.07, 6.45) is 4.31. The van der Waals surface area contributed by atoms with Gasteiger partial charge < -0.3 is 0 Å². The van der Waals surface area contributed by atoms with E-state index < -0.39 is 20.9 Å². The van der Waals surface area contributed by atoms with Crippen molar-refractivity contribution >= 4 is 9.84 Å². The Bertz CT molecular complexity index is 502. The van der Waals surface area contributed by atoms with Gasteiger partial charge in [0.1, 0.15) is 10.7 Å². The average Bonchev–Trinajstić information content (AvgIpc) is 2.39. The molecule has 0 unspecified atom stereocenters. The zero-order chi connectivity index (χ0) is 13.2. The Balaban J connectivity index is 2.20. The predicted molar refractivity (Wildman–Crippen MR) is 69.6 cm³/mol. The van der Waals surface area contributed by atoms with Crippen molar-refractivity contribution in [2.24, 2.45) is 5.92 Å². The van der Waals surface area contributed by atoms with Crippen molar-refractivity contribution in [3.63, 3.8) is 0 Å². The molecular formula is C14H19FO2S. The Hall–Kier alpha value is -0.900. The lowest BCUT2D eigenvalue weighted by molar-refractivity contribution is 0.348. The maximum absolute atomic E-state index is 13.6. The van der Waals surface area contributed by atoms with Crippen LogP contribution in [0.1, 0.15) is 39.0 Å². The molecule has 1 aliphatic rings. The lowest BCUT2D eigenvalue weighted by atomic mass is 9.87. The van der Waals surface area contributed by atoms with E-state index in [4.69, 9.17) is 0 Å². The molecule has 1 aromatic carbocycles. The highest BCUT2D eigenvalue weighted by Gasteiger charge is 2.32. The SMILES string of the molecule is CCC1CCC(S(=O)(=O)c2ccccc2F)CC1. The third-order valence-corrected chi connectivity index (χ3v) is 6.25. The summed E-state index contributed by atoms with van der Waals surface area (Å²) >= 11 is 0. The summed E-state index contributed by atoms with van der Waals surface area (Å²) in [5, 5.41) is -0.405. The maximum atomic E-state index is 13.6. The van der Waals surface area contributed by atoms with Gasteiger partial charge >= 0.3 is 0 Å². The van der Waals surface area contributed by atoms with Crippen molar-refractivity contribution in [2.45, 2.75) is 49.2 Å². The molecule has 18 heavy (non-hydrogen) atoms. The van der Waals surface area contributed by atoms with E-state index in [9.17, 15) is 12.8 Å². The molecule has 4 heteroatoms. The molecule has 2 rings (SSSR count). The minimum atomic E-state index is -3.50. The third-order valence-electron chi connectivity index (χ3n) is 3.95. The standard InChI is InChI=1S/C14H19FO2S/c1-2-11-7-9-12(10-8-11)18(16,17)14-6-4-3-5-13(14)15/h3-6,11-12H,2,7-10H2,1H3. The topological polar surface area (TPSA) is 34.1 Å². The van der Waals surface area contributed by atoms with E-state index in [1.54, 1.807) is 6.07 Å². The Kier molecular flexibility index (Phi) is 4.05. The number of halogens is 1. The molecule has 0 aromatic heterocycles. The molecule has 1 aliphatic carbocycles. The molecule has 0 saturated heterocycles. The van der Waals surface area contributed by atoms with Crippen LogP contribution in [0.5, 0.6) is 0 Å². The molecule has 1 saturated carbocycles. The molecule has 1 aromatic rings. The fraction of sp³-hybridized carbons (Fsp3) is 0.571. The number of hydrogen-bond donors (Lipinski definition) is 0. The van der Waals surface area contributed by atoms with Crippen molar-refractivity contribution in [3.05, 3.63) is 30.1 Å². The monoisotopic (exact) mass is 270 g/mol. The highest BCUT2D eigenvalue weighted by molar-refractivity contribution is 7.92. The van der Waals surface area contributed by atoms with E-state index in [1.165, 1.54) is 18.2 Å². The largest absolute Gasteiger partial charge is 0.223 e. The number of benzene rings is 1. The first-order valence-electron chi connectivity index (χ1n) is 6.54. The Morgan fingerprint density at radius 3 is 2.33 bits per heavy atom. The summed E-state index contributed by atoms with van der Waals surface area (Å²) in [7, 11) is -3.50. The smallest absolute Gasteiger partial charge is 0.184 e. The van der Waals surface area contributed by atoms with E-state index >= 15 is 0 Å². The van der Waals surface area contributed by atoms with Gasteiger partial charge in [0.15, 0.2) is 9.84 Å². The molecular weight excluding hydrogens is 251 g/mol. The van der Waals surface area contributed by atoms with Gasteiger partial charge in [-0.1, -0.05) is 25.5 Å². The molecule has 100 valence electrons. The number of hydrogen-bond acceptors (Lipinski definition) is 2. The van der Waals surface area contributed by atoms with Crippen molar-refractivity contribution in [1.82, 2.24) is 0 Å². The van der Waals surface area contributed by atoms with Gasteiger partial charge in [-0.25, -0.2) is 12.8 Å². The van der Waals surface area contributed by atoms with Crippen molar-refractivity contribution in [3.8, 4) is 0 Å². The van der Waals surface area contributed by atoms with Crippen LogP contribution in [-0.2, 0) is 9.84 Å². The molecule has 0 aliphatic heterocycles. The summed E-state index contributed by atoms with van der Waals surface area (Å²) in [6, 6.07) is 5.68. The molecule has 0 bridgehead atoms. The lowest BCUT2D eigenvalue weighted by Gasteiger charge is -2.27. The van der Waals surface area contributed by atoms with Crippen LogP contribution in [0.15, 0.2) is 29.2 Å². The van der Waals surface area contributed by atoms with Gasteiger partial charge in [0.25, 0.3) is 0 Å². The average molecular weight is 270 g/mol. The van der Waals surface area contributed by atoms with Gasteiger partial charge in [-0.05, 0) is 43.7 Å². The number of sulfone groups is 1. The molecule has 0 radical (unpaired) electrons. The van der Waals surface area contributed by atoms with Crippen LogP contribution in [0.2, 0.25) is 0 Å². The first-order valence-corrected chi connectivity index (χ1v) is 8.08. The zero-order valence-corrected chi connectivity index (χ0v) is 11.4. The van der Waals surface area contributed by atoms with Gasteiger partial charge in [0.05, 0.1) is 5.25 Å². The minimum absolute atomic E-state index is 0.134. The van der Waals surface area contributed by atoms with Gasteiger partial charge in [0, 0.05) is 0 Å². The first kappa shape index (κ1) is 13.5. The van der Waals surface area contributed by atoms with Crippen molar-refractivity contribution in [1.29, 1.82) is 0 Å².